The normalized spacial score (nSPS) is 29.9. The van der Waals surface area contributed by atoms with Crippen molar-refractivity contribution in [3.8, 4) is 0 Å². The summed E-state index contributed by atoms with van der Waals surface area (Å²) < 4.78 is 5.87. The van der Waals surface area contributed by atoms with Gasteiger partial charge >= 0.3 is 0 Å². The maximum absolute atomic E-state index is 12.5. The average Bonchev–Trinajstić information content (AvgIpc) is 2.53. The zero-order valence-corrected chi connectivity index (χ0v) is 14.1. The zero-order valence-electron chi connectivity index (χ0n) is 14.1. The van der Waals surface area contributed by atoms with Gasteiger partial charge in [-0.15, -0.1) is 0 Å². The molecule has 1 aliphatic carbocycles. The Hall–Kier alpha value is -1.39. The van der Waals surface area contributed by atoms with Crippen molar-refractivity contribution in [1.82, 2.24) is 4.90 Å². The van der Waals surface area contributed by atoms with E-state index in [4.69, 9.17) is 4.74 Å². The van der Waals surface area contributed by atoms with E-state index in [2.05, 4.69) is 24.3 Å². The number of ether oxygens (including phenoxy) is 1. The number of hydrogen-bond acceptors (Lipinski definition) is 3. The molecular weight excluding hydrogens is 290 g/mol. The minimum absolute atomic E-state index is 0.00849. The highest BCUT2D eigenvalue weighted by Crippen LogP contribution is 2.39. The van der Waals surface area contributed by atoms with Crippen molar-refractivity contribution in [2.45, 2.75) is 50.2 Å². The topological polar surface area (TPSA) is 49.8 Å². The number of methoxy groups -OCH3 is 1. The van der Waals surface area contributed by atoms with Crippen LogP contribution in [0.25, 0.3) is 0 Å². The molecule has 3 rings (SSSR count). The van der Waals surface area contributed by atoms with Crippen LogP contribution in [0.15, 0.2) is 30.3 Å². The van der Waals surface area contributed by atoms with Gasteiger partial charge in [0.1, 0.15) is 0 Å². The fraction of sp³-hybridized carbons (Fsp3) is 0.632. The van der Waals surface area contributed by atoms with E-state index < -0.39 is 5.60 Å². The lowest BCUT2D eigenvalue weighted by Gasteiger charge is -2.45. The van der Waals surface area contributed by atoms with E-state index in [9.17, 15) is 9.90 Å². The van der Waals surface area contributed by atoms with Crippen molar-refractivity contribution < 1.29 is 14.6 Å². The van der Waals surface area contributed by atoms with Crippen molar-refractivity contribution in [2.75, 3.05) is 20.2 Å². The minimum Gasteiger partial charge on any atom is -0.390 e. The maximum Gasteiger partial charge on any atom is 0.225 e. The van der Waals surface area contributed by atoms with Crippen molar-refractivity contribution in [2.24, 2.45) is 5.92 Å². The molecule has 0 unspecified atom stereocenters. The molecule has 4 heteroatoms. The van der Waals surface area contributed by atoms with Gasteiger partial charge < -0.3 is 14.7 Å². The standard InChI is InChI=1S/C19H27NO3/c1-18(22)13-16(14-18)17(21)20-10-8-19(23-2,9-11-20)12-15-6-4-3-5-7-15/h3-7,16,22H,8-14H2,1-2H3/t16-,18+. The van der Waals surface area contributed by atoms with Crippen molar-refractivity contribution >= 4 is 5.91 Å². The summed E-state index contributed by atoms with van der Waals surface area (Å²) in [6.07, 6.45) is 3.83. The molecule has 1 N–H and O–H groups in total. The molecule has 1 aromatic carbocycles. The van der Waals surface area contributed by atoms with Gasteiger partial charge in [-0.1, -0.05) is 30.3 Å². The summed E-state index contributed by atoms with van der Waals surface area (Å²) in [6.45, 7) is 3.30. The van der Waals surface area contributed by atoms with Crippen molar-refractivity contribution in [3.63, 3.8) is 0 Å². The lowest BCUT2D eigenvalue weighted by atomic mass is 9.71. The number of hydrogen-bond donors (Lipinski definition) is 1. The Morgan fingerprint density at radius 1 is 1.26 bits per heavy atom. The third-order valence-corrected chi connectivity index (χ3v) is 5.51. The van der Waals surface area contributed by atoms with Crippen LogP contribution in [-0.2, 0) is 16.0 Å². The number of carbonyl (C=O) groups is 1. The third kappa shape index (κ3) is 3.59. The van der Waals surface area contributed by atoms with Crippen LogP contribution < -0.4 is 0 Å². The van der Waals surface area contributed by atoms with Gasteiger partial charge in [0.15, 0.2) is 0 Å². The number of amides is 1. The van der Waals surface area contributed by atoms with Gasteiger partial charge in [0.25, 0.3) is 0 Å². The van der Waals surface area contributed by atoms with Gasteiger partial charge in [-0.3, -0.25) is 4.79 Å². The van der Waals surface area contributed by atoms with Crippen molar-refractivity contribution in [3.05, 3.63) is 35.9 Å². The molecule has 1 aliphatic heterocycles. The fourth-order valence-corrected chi connectivity index (χ4v) is 3.99. The molecule has 1 saturated heterocycles. The lowest BCUT2D eigenvalue weighted by Crippen LogP contribution is -2.54. The quantitative estimate of drug-likeness (QED) is 0.928. The summed E-state index contributed by atoms with van der Waals surface area (Å²) in [5, 5.41) is 9.83. The second kappa shape index (κ2) is 6.25. The molecule has 1 heterocycles. The first kappa shape index (κ1) is 16.5. The maximum atomic E-state index is 12.5. The summed E-state index contributed by atoms with van der Waals surface area (Å²) in [7, 11) is 1.78. The number of carbonyl (C=O) groups excluding carboxylic acids is 1. The lowest BCUT2D eigenvalue weighted by molar-refractivity contribution is -0.154. The number of aliphatic hydroxyl groups is 1. The van der Waals surface area contributed by atoms with Crippen LogP contribution in [0.2, 0.25) is 0 Å². The summed E-state index contributed by atoms with van der Waals surface area (Å²) in [4.78, 5) is 14.5. The molecule has 4 nitrogen and oxygen atoms in total. The Morgan fingerprint density at radius 3 is 2.39 bits per heavy atom. The molecule has 2 fully saturated rings. The number of likely N-dealkylation sites (tertiary alicyclic amines) is 1. The number of nitrogens with zero attached hydrogens (tertiary/aromatic N) is 1. The first-order valence-electron chi connectivity index (χ1n) is 8.53. The van der Waals surface area contributed by atoms with E-state index in [0.29, 0.717) is 12.8 Å². The van der Waals surface area contributed by atoms with Crippen LogP contribution in [0.4, 0.5) is 0 Å². The van der Waals surface area contributed by atoms with E-state index in [1.165, 1.54) is 5.56 Å². The molecule has 0 bridgehead atoms. The summed E-state index contributed by atoms with van der Waals surface area (Å²) in [6, 6.07) is 10.4. The largest absolute Gasteiger partial charge is 0.390 e. The highest BCUT2D eigenvalue weighted by atomic mass is 16.5. The monoisotopic (exact) mass is 317 g/mol. The van der Waals surface area contributed by atoms with Gasteiger partial charge in [0, 0.05) is 32.5 Å². The van der Waals surface area contributed by atoms with Gasteiger partial charge in [0.2, 0.25) is 5.91 Å². The molecule has 126 valence electrons. The predicted molar refractivity (Wildman–Crippen MR) is 89.0 cm³/mol. The van der Waals surface area contributed by atoms with Gasteiger partial charge in [-0.2, -0.15) is 0 Å². The highest BCUT2D eigenvalue weighted by Gasteiger charge is 2.45. The third-order valence-electron chi connectivity index (χ3n) is 5.51. The minimum atomic E-state index is -0.639. The number of rotatable bonds is 4. The molecule has 23 heavy (non-hydrogen) atoms. The van der Waals surface area contributed by atoms with E-state index in [-0.39, 0.29) is 17.4 Å². The first-order valence-corrected chi connectivity index (χ1v) is 8.53. The van der Waals surface area contributed by atoms with E-state index in [1.807, 2.05) is 17.9 Å². The van der Waals surface area contributed by atoms with Gasteiger partial charge in [-0.25, -0.2) is 0 Å². The van der Waals surface area contributed by atoms with Crippen LogP contribution in [0.5, 0.6) is 0 Å². The first-order chi connectivity index (χ1) is 10.9. The van der Waals surface area contributed by atoms with E-state index in [0.717, 1.165) is 32.4 Å². The molecule has 0 radical (unpaired) electrons. The Bertz CT molecular complexity index is 539. The van der Waals surface area contributed by atoms with Crippen molar-refractivity contribution in [1.29, 1.82) is 0 Å². The van der Waals surface area contributed by atoms with Crippen LogP contribution in [0.1, 0.15) is 38.2 Å². The summed E-state index contributed by atoms with van der Waals surface area (Å²) >= 11 is 0. The van der Waals surface area contributed by atoms with Gasteiger partial charge in [-0.05, 0) is 38.2 Å². The van der Waals surface area contributed by atoms with Crippen LogP contribution in [-0.4, -0.2) is 47.3 Å². The number of benzene rings is 1. The van der Waals surface area contributed by atoms with Gasteiger partial charge in [0.05, 0.1) is 11.2 Å². The Morgan fingerprint density at radius 2 is 1.87 bits per heavy atom. The fourth-order valence-electron chi connectivity index (χ4n) is 3.99. The molecule has 0 aromatic heterocycles. The summed E-state index contributed by atoms with van der Waals surface area (Å²) in [5.41, 5.74) is 0.479. The summed E-state index contributed by atoms with van der Waals surface area (Å²) in [5.74, 6) is 0.218. The predicted octanol–water partition coefficient (Wildman–Crippen LogP) is 2.40. The van der Waals surface area contributed by atoms with E-state index in [1.54, 1.807) is 7.11 Å². The molecule has 0 atom stereocenters. The molecule has 1 saturated carbocycles. The van der Waals surface area contributed by atoms with Crippen LogP contribution >= 0.6 is 0 Å². The number of piperidine rings is 1. The Kier molecular flexibility index (Phi) is 4.47. The Labute approximate surface area is 138 Å². The molecule has 1 amide bonds. The average molecular weight is 317 g/mol. The van der Waals surface area contributed by atoms with E-state index >= 15 is 0 Å². The van der Waals surface area contributed by atoms with Crippen LogP contribution in [0, 0.1) is 5.92 Å². The molecular formula is C19H27NO3. The molecule has 2 aliphatic rings. The zero-order chi connectivity index (χ0) is 16.5. The Balaban J connectivity index is 1.57. The second-order valence-electron chi connectivity index (χ2n) is 7.48. The SMILES string of the molecule is COC1(Cc2ccccc2)CCN(C(=O)[C@H]2C[C@@](C)(O)C2)CC1. The van der Waals surface area contributed by atoms with Crippen LogP contribution in [0.3, 0.4) is 0 Å². The molecule has 1 aromatic rings. The smallest absolute Gasteiger partial charge is 0.225 e. The highest BCUT2D eigenvalue weighted by molar-refractivity contribution is 5.80. The second-order valence-corrected chi connectivity index (χ2v) is 7.48. The molecule has 0 spiro atoms.